The van der Waals surface area contributed by atoms with Crippen molar-refractivity contribution in [1.82, 2.24) is 10.3 Å². The molecule has 0 radical (unpaired) electrons. The average molecular weight is 532 g/mol. The number of fused-ring (bicyclic) bond motifs is 1. The number of hydrogen-bond donors (Lipinski definition) is 2. The summed E-state index contributed by atoms with van der Waals surface area (Å²) in [5.74, 6) is 1.84. The van der Waals surface area contributed by atoms with Gasteiger partial charge in [0.1, 0.15) is 17.4 Å². The standard InChI is InChI=1S/C31H34FN3O2S/c1-2-37-30-6-4-3-5-22(30)19-34-20-25-18-26(7-9-28(25)32)38-27-8-10-29-23(17-27)16-24(31(33)35-29)15-21-11-13-36-14-12-21/h3-10,16-18,21,34H,2,11-15,19-20H2,1H3,(H2,33,35). The molecule has 1 saturated heterocycles. The fourth-order valence-electron chi connectivity index (χ4n) is 4.87. The maximum atomic E-state index is 14.6. The van der Waals surface area contributed by atoms with Crippen LogP contribution in [0.2, 0.25) is 0 Å². The van der Waals surface area contributed by atoms with Crippen LogP contribution in [0, 0.1) is 11.7 Å². The van der Waals surface area contributed by atoms with Crippen LogP contribution < -0.4 is 15.8 Å². The van der Waals surface area contributed by atoms with E-state index in [1.165, 1.54) is 0 Å². The number of nitrogens with one attached hydrogen (secondary N) is 1. The van der Waals surface area contributed by atoms with Crippen molar-refractivity contribution in [2.75, 3.05) is 25.6 Å². The van der Waals surface area contributed by atoms with Crippen molar-refractivity contribution in [3.63, 3.8) is 0 Å². The zero-order chi connectivity index (χ0) is 26.3. The Hall–Kier alpha value is -3.13. The summed E-state index contributed by atoms with van der Waals surface area (Å²) >= 11 is 1.62. The first kappa shape index (κ1) is 26.5. The summed E-state index contributed by atoms with van der Waals surface area (Å²) < 4.78 is 25.8. The third-order valence-electron chi connectivity index (χ3n) is 6.90. The summed E-state index contributed by atoms with van der Waals surface area (Å²) in [6, 6.07) is 21.6. The molecule has 0 unspecified atom stereocenters. The Morgan fingerprint density at radius 3 is 2.58 bits per heavy atom. The van der Waals surface area contributed by atoms with Crippen molar-refractivity contribution in [3.05, 3.63) is 89.2 Å². The summed E-state index contributed by atoms with van der Waals surface area (Å²) in [5, 5.41) is 4.43. The summed E-state index contributed by atoms with van der Waals surface area (Å²) in [6.07, 6.45) is 3.06. The van der Waals surface area contributed by atoms with Gasteiger partial charge < -0.3 is 20.5 Å². The van der Waals surface area contributed by atoms with E-state index in [-0.39, 0.29) is 5.82 Å². The van der Waals surface area contributed by atoms with Gasteiger partial charge in [-0.2, -0.15) is 0 Å². The Balaban J connectivity index is 1.27. The average Bonchev–Trinajstić information content (AvgIpc) is 2.93. The van der Waals surface area contributed by atoms with E-state index in [4.69, 9.17) is 15.2 Å². The number of halogens is 1. The number of nitrogen functional groups attached to an aromatic ring is 1. The molecule has 0 aliphatic carbocycles. The lowest BCUT2D eigenvalue weighted by Crippen LogP contribution is -2.18. The van der Waals surface area contributed by atoms with Crippen molar-refractivity contribution in [2.24, 2.45) is 5.92 Å². The summed E-state index contributed by atoms with van der Waals surface area (Å²) in [6.45, 7) is 5.25. The molecule has 0 saturated carbocycles. The van der Waals surface area contributed by atoms with Crippen molar-refractivity contribution >= 4 is 28.5 Å². The van der Waals surface area contributed by atoms with Gasteiger partial charge in [0, 0.05) is 52.6 Å². The van der Waals surface area contributed by atoms with Crippen molar-refractivity contribution in [3.8, 4) is 5.75 Å². The molecular weight excluding hydrogens is 497 g/mol. The number of nitrogens with zero attached hydrogens (tertiary/aromatic N) is 1. The van der Waals surface area contributed by atoms with Gasteiger partial charge in [-0.05, 0) is 86.2 Å². The van der Waals surface area contributed by atoms with E-state index < -0.39 is 0 Å². The number of ether oxygens (including phenoxy) is 2. The van der Waals surface area contributed by atoms with Crippen LogP contribution in [0.3, 0.4) is 0 Å². The van der Waals surface area contributed by atoms with Gasteiger partial charge >= 0.3 is 0 Å². The van der Waals surface area contributed by atoms with Gasteiger partial charge in [-0.25, -0.2) is 9.37 Å². The van der Waals surface area contributed by atoms with Gasteiger partial charge in [-0.1, -0.05) is 30.0 Å². The molecular formula is C31H34FN3O2S. The number of hydrogen-bond acceptors (Lipinski definition) is 6. The minimum atomic E-state index is -0.212. The molecule has 198 valence electrons. The molecule has 1 aliphatic rings. The van der Waals surface area contributed by atoms with E-state index in [1.54, 1.807) is 17.8 Å². The van der Waals surface area contributed by atoms with Crippen molar-refractivity contribution in [2.45, 2.75) is 49.1 Å². The normalized spacial score (nSPS) is 14.2. The van der Waals surface area contributed by atoms with Crippen molar-refractivity contribution < 1.29 is 13.9 Å². The molecule has 7 heteroatoms. The predicted octanol–water partition coefficient (Wildman–Crippen LogP) is 6.76. The highest BCUT2D eigenvalue weighted by molar-refractivity contribution is 7.99. The SMILES string of the molecule is CCOc1ccccc1CNCc1cc(Sc2ccc3nc(N)c(CC4CCOCC4)cc3c2)ccc1F. The van der Waals surface area contributed by atoms with E-state index in [0.717, 1.165) is 70.0 Å². The first-order valence-corrected chi connectivity index (χ1v) is 14.1. The molecule has 0 amide bonds. The van der Waals surface area contributed by atoms with E-state index in [1.807, 2.05) is 55.5 Å². The largest absolute Gasteiger partial charge is 0.494 e. The highest BCUT2D eigenvalue weighted by atomic mass is 32.2. The molecule has 0 spiro atoms. The summed E-state index contributed by atoms with van der Waals surface area (Å²) in [4.78, 5) is 6.73. The fraction of sp³-hybridized carbons (Fsp3) is 0.323. The van der Waals surface area contributed by atoms with Gasteiger partial charge in [0.15, 0.2) is 0 Å². The lowest BCUT2D eigenvalue weighted by atomic mass is 9.92. The van der Waals surface area contributed by atoms with Gasteiger partial charge in [-0.3, -0.25) is 0 Å². The highest BCUT2D eigenvalue weighted by Gasteiger charge is 2.17. The molecule has 0 atom stereocenters. The van der Waals surface area contributed by atoms with Crippen LogP contribution in [0.5, 0.6) is 5.75 Å². The topological polar surface area (TPSA) is 69.4 Å². The first-order valence-electron chi connectivity index (χ1n) is 13.2. The van der Waals surface area contributed by atoms with Crippen LogP contribution in [-0.4, -0.2) is 24.8 Å². The van der Waals surface area contributed by atoms with Gasteiger partial charge in [0.25, 0.3) is 0 Å². The minimum Gasteiger partial charge on any atom is -0.494 e. The van der Waals surface area contributed by atoms with E-state index in [9.17, 15) is 4.39 Å². The molecule has 5 rings (SSSR count). The van der Waals surface area contributed by atoms with Gasteiger partial charge in [0.05, 0.1) is 12.1 Å². The van der Waals surface area contributed by atoms with Crippen LogP contribution in [0.25, 0.3) is 10.9 Å². The van der Waals surface area contributed by atoms with Gasteiger partial charge in [0.2, 0.25) is 0 Å². The Morgan fingerprint density at radius 2 is 1.74 bits per heavy atom. The third kappa shape index (κ3) is 6.65. The molecule has 3 N–H and O–H groups in total. The summed E-state index contributed by atoms with van der Waals surface area (Å²) in [5.41, 5.74) is 9.99. The maximum Gasteiger partial charge on any atom is 0.127 e. The van der Waals surface area contributed by atoms with Crippen molar-refractivity contribution in [1.29, 1.82) is 0 Å². The molecule has 0 bridgehead atoms. The molecule has 1 aliphatic heterocycles. The van der Waals surface area contributed by atoms with Crippen LogP contribution in [-0.2, 0) is 24.2 Å². The Bertz CT molecular complexity index is 1390. The minimum absolute atomic E-state index is 0.212. The Labute approximate surface area is 227 Å². The molecule has 5 nitrogen and oxygen atoms in total. The highest BCUT2D eigenvalue weighted by Crippen LogP contribution is 2.33. The first-order chi connectivity index (χ1) is 18.6. The lowest BCUT2D eigenvalue weighted by Gasteiger charge is -2.22. The molecule has 1 fully saturated rings. The Kier molecular flexibility index (Phi) is 8.79. The second-order valence-electron chi connectivity index (χ2n) is 9.65. The molecule has 4 aromatic rings. The number of benzene rings is 3. The number of para-hydroxylation sites is 1. The fourth-order valence-corrected chi connectivity index (χ4v) is 5.80. The van der Waals surface area contributed by atoms with Gasteiger partial charge in [-0.15, -0.1) is 0 Å². The molecule has 1 aromatic heterocycles. The smallest absolute Gasteiger partial charge is 0.127 e. The van der Waals surface area contributed by atoms with E-state index >= 15 is 0 Å². The van der Waals surface area contributed by atoms with E-state index in [2.05, 4.69) is 22.4 Å². The van der Waals surface area contributed by atoms with Crippen LogP contribution >= 0.6 is 11.8 Å². The third-order valence-corrected chi connectivity index (χ3v) is 7.88. The number of nitrogens with two attached hydrogens (primary N) is 1. The second-order valence-corrected chi connectivity index (χ2v) is 10.8. The zero-order valence-electron chi connectivity index (χ0n) is 21.7. The quantitative estimate of drug-likeness (QED) is 0.236. The number of pyridine rings is 1. The lowest BCUT2D eigenvalue weighted by molar-refractivity contribution is 0.0666. The molecule has 38 heavy (non-hydrogen) atoms. The summed E-state index contributed by atoms with van der Waals surface area (Å²) in [7, 11) is 0. The number of aromatic nitrogens is 1. The molecule has 3 aromatic carbocycles. The maximum absolute atomic E-state index is 14.6. The van der Waals surface area contributed by atoms with Crippen LogP contribution in [0.15, 0.2) is 76.5 Å². The predicted molar refractivity (Wildman–Crippen MR) is 152 cm³/mol. The Morgan fingerprint density at radius 1 is 0.974 bits per heavy atom. The molecule has 2 heterocycles. The monoisotopic (exact) mass is 531 g/mol. The van der Waals surface area contributed by atoms with E-state index in [0.29, 0.717) is 37.0 Å². The van der Waals surface area contributed by atoms with Crippen LogP contribution in [0.1, 0.15) is 36.5 Å². The number of anilines is 1. The zero-order valence-corrected chi connectivity index (χ0v) is 22.5. The second kappa shape index (κ2) is 12.6. The number of rotatable bonds is 10. The van der Waals surface area contributed by atoms with Crippen LogP contribution in [0.4, 0.5) is 10.2 Å².